The molecule has 1 aliphatic heterocycles. The Bertz CT molecular complexity index is 666. The van der Waals surface area contributed by atoms with E-state index in [9.17, 15) is 5.11 Å². The number of rotatable bonds is 4. The summed E-state index contributed by atoms with van der Waals surface area (Å²) in [6.45, 7) is 4.21. The number of benzene rings is 2. The largest absolute Gasteiger partial charge is 0.400 e. The molecule has 1 saturated heterocycles. The molecule has 0 saturated carbocycles. The summed E-state index contributed by atoms with van der Waals surface area (Å²) >= 11 is 0. The molecule has 2 aromatic carbocycles. The summed E-state index contributed by atoms with van der Waals surface area (Å²) in [6, 6.07) is 17.5. The van der Waals surface area contributed by atoms with Crippen molar-refractivity contribution in [1.29, 1.82) is 0 Å². The molecule has 0 spiro atoms. The van der Waals surface area contributed by atoms with Crippen molar-refractivity contribution in [2.24, 2.45) is 0 Å². The molecule has 27 heavy (non-hydrogen) atoms. The molecule has 0 radical (unpaired) electrons. The maximum absolute atomic E-state index is 9.99. The van der Waals surface area contributed by atoms with Gasteiger partial charge in [0, 0.05) is 13.5 Å². The maximum atomic E-state index is 9.99. The molecular formula is C24H32O3. The molecule has 1 heterocycles. The maximum Gasteiger partial charge on any atom is 0.0853 e. The highest BCUT2D eigenvalue weighted by Gasteiger charge is 2.26. The third-order valence-electron chi connectivity index (χ3n) is 4.65. The fraction of sp³-hybridized carbons (Fsp3) is 0.417. The van der Waals surface area contributed by atoms with Crippen LogP contribution in [0.25, 0.3) is 0 Å². The molecular weight excluding hydrogens is 336 g/mol. The van der Waals surface area contributed by atoms with Crippen molar-refractivity contribution < 1.29 is 14.9 Å². The van der Waals surface area contributed by atoms with Gasteiger partial charge < -0.3 is 14.9 Å². The molecule has 3 atom stereocenters. The minimum absolute atomic E-state index is 0.0103. The van der Waals surface area contributed by atoms with Gasteiger partial charge in [-0.05, 0) is 48.4 Å². The molecule has 2 aromatic rings. The Kier molecular flexibility index (Phi) is 10.4. The topological polar surface area (TPSA) is 49.7 Å². The van der Waals surface area contributed by atoms with Crippen molar-refractivity contribution in [3.63, 3.8) is 0 Å². The Morgan fingerprint density at radius 3 is 2.19 bits per heavy atom. The highest BCUT2D eigenvalue weighted by molar-refractivity contribution is 5.32. The molecule has 146 valence electrons. The lowest BCUT2D eigenvalue weighted by atomic mass is 9.94. The minimum atomic E-state index is -0.256. The first-order chi connectivity index (χ1) is 13.1. The third kappa shape index (κ3) is 7.19. The molecule has 1 aliphatic rings. The number of terminal acetylenes is 1. The molecule has 3 rings (SSSR count). The molecule has 0 amide bonds. The van der Waals surface area contributed by atoms with E-state index in [0.717, 1.165) is 26.4 Å². The molecule has 1 fully saturated rings. The van der Waals surface area contributed by atoms with Gasteiger partial charge >= 0.3 is 0 Å². The summed E-state index contributed by atoms with van der Waals surface area (Å²) in [5.41, 5.74) is 5.18. The molecule has 2 N–H and O–H groups in total. The predicted octanol–water partition coefficient (Wildman–Crippen LogP) is 4.30. The Morgan fingerprint density at radius 2 is 1.59 bits per heavy atom. The first kappa shape index (κ1) is 22.9. The Hall–Kier alpha value is -2.12. The first-order valence-corrected chi connectivity index (χ1v) is 9.42. The van der Waals surface area contributed by atoms with Crippen LogP contribution in [0.4, 0.5) is 0 Å². The van der Waals surface area contributed by atoms with E-state index in [1.807, 2.05) is 6.92 Å². The lowest BCUT2D eigenvalue weighted by Gasteiger charge is -2.31. The zero-order valence-corrected chi connectivity index (χ0v) is 16.6. The van der Waals surface area contributed by atoms with Gasteiger partial charge in [-0.2, -0.15) is 0 Å². The van der Waals surface area contributed by atoms with E-state index in [1.54, 1.807) is 0 Å². The Balaban J connectivity index is 0.000000855. The van der Waals surface area contributed by atoms with Gasteiger partial charge in [-0.1, -0.05) is 55.5 Å². The van der Waals surface area contributed by atoms with Crippen LogP contribution < -0.4 is 0 Å². The smallest absolute Gasteiger partial charge is 0.0853 e. The van der Waals surface area contributed by atoms with E-state index in [1.165, 1.54) is 22.3 Å². The van der Waals surface area contributed by atoms with Crippen LogP contribution >= 0.6 is 0 Å². The number of aliphatic hydroxyl groups excluding tert-OH is 2. The molecule has 3 nitrogen and oxygen atoms in total. The van der Waals surface area contributed by atoms with Gasteiger partial charge in [0.25, 0.3) is 0 Å². The van der Waals surface area contributed by atoms with E-state index in [2.05, 4.69) is 68.3 Å². The monoisotopic (exact) mass is 368 g/mol. The molecule has 0 bridgehead atoms. The summed E-state index contributed by atoms with van der Waals surface area (Å²) in [6.07, 6.45) is 11.3. The Morgan fingerprint density at radius 1 is 0.963 bits per heavy atom. The van der Waals surface area contributed by atoms with Crippen LogP contribution in [0.3, 0.4) is 0 Å². The van der Waals surface area contributed by atoms with Gasteiger partial charge in [0.1, 0.15) is 0 Å². The summed E-state index contributed by atoms with van der Waals surface area (Å²) in [7, 11) is 1.00. The van der Waals surface area contributed by atoms with Crippen LogP contribution in [0.15, 0.2) is 48.5 Å². The number of hydrogen-bond donors (Lipinski definition) is 2. The van der Waals surface area contributed by atoms with Crippen molar-refractivity contribution in [3.05, 3.63) is 70.8 Å². The van der Waals surface area contributed by atoms with Crippen molar-refractivity contribution in [3.8, 4) is 12.8 Å². The lowest BCUT2D eigenvalue weighted by molar-refractivity contribution is -0.0895. The number of ether oxygens (including phenoxy) is 1. The van der Waals surface area contributed by atoms with Crippen LogP contribution in [0, 0.1) is 12.8 Å². The summed E-state index contributed by atoms with van der Waals surface area (Å²) < 4.78 is 6.02. The van der Waals surface area contributed by atoms with E-state index in [0.29, 0.717) is 6.42 Å². The second kappa shape index (κ2) is 12.3. The van der Waals surface area contributed by atoms with Gasteiger partial charge in [0.2, 0.25) is 0 Å². The van der Waals surface area contributed by atoms with Crippen molar-refractivity contribution in [1.82, 2.24) is 0 Å². The van der Waals surface area contributed by atoms with Crippen LogP contribution in [0.2, 0.25) is 0 Å². The SMILES string of the molecule is C#C.CCc1ccc(Cc2cccc([C@H]3C[C@@H](O)C[C@@H](C)O3)c2)cc1.CO. The zero-order valence-electron chi connectivity index (χ0n) is 16.6. The van der Waals surface area contributed by atoms with Gasteiger partial charge in [-0.15, -0.1) is 12.8 Å². The second-order valence-electron chi connectivity index (χ2n) is 6.65. The average Bonchev–Trinajstić information content (AvgIpc) is 2.71. The van der Waals surface area contributed by atoms with E-state index >= 15 is 0 Å². The second-order valence-corrected chi connectivity index (χ2v) is 6.65. The molecule has 0 aromatic heterocycles. The van der Waals surface area contributed by atoms with Crippen molar-refractivity contribution in [2.45, 2.75) is 57.8 Å². The fourth-order valence-corrected chi connectivity index (χ4v) is 3.36. The first-order valence-electron chi connectivity index (χ1n) is 9.42. The quantitative estimate of drug-likeness (QED) is 0.791. The molecule has 3 heteroatoms. The van der Waals surface area contributed by atoms with E-state index in [4.69, 9.17) is 9.84 Å². The van der Waals surface area contributed by atoms with Gasteiger partial charge in [-0.25, -0.2) is 0 Å². The van der Waals surface area contributed by atoms with E-state index in [-0.39, 0.29) is 18.3 Å². The van der Waals surface area contributed by atoms with Crippen molar-refractivity contribution in [2.75, 3.05) is 7.11 Å². The van der Waals surface area contributed by atoms with Crippen LogP contribution in [-0.2, 0) is 17.6 Å². The number of hydrogen-bond acceptors (Lipinski definition) is 3. The number of aryl methyl sites for hydroxylation is 1. The standard InChI is InChI=1S/C21H26O2.C2H2.CH4O/c1-3-16-7-9-17(10-8-16)12-18-5-4-6-19(13-18)21-14-20(22)11-15(2)23-21;2*1-2/h4-10,13,15,20-22H,3,11-12,14H2,1-2H3;1-2H;2H,1H3/t15-,20+,21-;;/m1../s1. The average molecular weight is 369 g/mol. The highest BCUT2D eigenvalue weighted by atomic mass is 16.5. The summed E-state index contributed by atoms with van der Waals surface area (Å²) in [5.74, 6) is 0. The van der Waals surface area contributed by atoms with E-state index < -0.39 is 0 Å². The third-order valence-corrected chi connectivity index (χ3v) is 4.65. The summed E-state index contributed by atoms with van der Waals surface area (Å²) in [4.78, 5) is 0. The van der Waals surface area contributed by atoms with Crippen LogP contribution in [0.5, 0.6) is 0 Å². The van der Waals surface area contributed by atoms with Gasteiger partial charge in [-0.3, -0.25) is 0 Å². The fourth-order valence-electron chi connectivity index (χ4n) is 3.36. The molecule has 0 unspecified atom stereocenters. The van der Waals surface area contributed by atoms with Gasteiger partial charge in [0.05, 0.1) is 18.3 Å². The van der Waals surface area contributed by atoms with Crippen LogP contribution in [-0.4, -0.2) is 29.5 Å². The van der Waals surface area contributed by atoms with Crippen molar-refractivity contribution >= 4 is 0 Å². The zero-order chi connectivity index (χ0) is 20.2. The lowest BCUT2D eigenvalue weighted by Crippen LogP contribution is -2.29. The predicted molar refractivity (Wildman–Crippen MR) is 112 cm³/mol. The Labute approximate surface area is 164 Å². The minimum Gasteiger partial charge on any atom is -0.400 e. The summed E-state index contributed by atoms with van der Waals surface area (Å²) in [5, 5.41) is 17.0. The van der Waals surface area contributed by atoms with Crippen LogP contribution in [0.1, 0.15) is 55.0 Å². The highest BCUT2D eigenvalue weighted by Crippen LogP contribution is 2.32. The number of aliphatic hydroxyl groups is 2. The normalized spacial score (nSPS) is 21.2. The van der Waals surface area contributed by atoms with Gasteiger partial charge in [0.15, 0.2) is 0 Å². The molecule has 0 aliphatic carbocycles.